The number of esters is 1. The summed E-state index contributed by atoms with van der Waals surface area (Å²) in [6.07, 6.45) is -0.492. The van der Waals surface area contributed by atoms with Gasteiger partial charge in [-0.15, -0.1) is 0 Å². The Balaban J connectivity index is 1.49. The van der Waals surface area contributed by atoms with E-state index in [2.05, 4.69) is 25.8 Å². The summed E-state index contributed by atoms with van der Waals surface area (Å²) in [6.45, 7) is 4.64. The number of carbonyl (C=O) groups excluding carboxylic acids is 3. The molecular weight excluding hydrogens is 594 g/mol. The van der Waals surface area contributed by atoms with Gasteiger partial charge in [0, 0.05) is 72.2 Å². The number of likely N-dealkylation sites (N-methyl/N-ethyl adjacent to an activating group) is 1. The van der Waals surface area contributed by atoms with E-state index < -0.39 is 12.1 Å². The number of hydrogen-bond acceptors (Lipinski definition) is 8. The maximum absolute atomic E-state index is 13.9. The van der Waals surface area contributed by atoms with Crippen LogP contribution in [0.2, 0.25) is 0 Å². The van der Waals surface area contributed by atoms with Crippen LogP contribution in [0, 0.1) is 6.92 Å². The molecule has 11 nitrogen and oxygen atoms in total. The van der Waals surface area contributed by atoms with Crippen molar-refractivity contribution in [3.05, 3.63) is 52.9 Å². The third kappa shape index (κ3) is 4.60. The topological polar surface area (TPSA) is 134 Å². The SMILES string of the molecule is COC(=O)c1c(C)[nH]c2c(OC(=O)N3CCN(C)CC3)cc3c(c12)[C@H](CBr)CN3C(=O)c1cc2cc(N)ccc2o1. The molecule has 2 amide bonds. The van der Waals surface area contributed by atoms with Gasteiger partial charge in [-0.05, 0) is 43.8 Å². The van der Waals surface area contributed by atoms with Gasteiger partial charge >= 0.3 is 12.1 Å². The fourth-order valence-electron chi connectivity index (χ4n) is 5.73. The number of nitrogen functional groups attached to an aromatic ring is 1. The lowest BCUT2D eigenvalue weighted by Crippen LogP contribution is -2.48. The van der Waals surface area contributed by atoms with Crippen molar-refractivity contribution in [2.24, 2.45) is 0 Å². The minimum Gasteiger partial charge on any atom is -0.465 e. The number of hydrogen-bond donors (Lipinski definition) is 2. The molecule has 2 aromatic carbocycles. The largest absolute Gasteiger partial charge is 0.465 e. The summed E-state index contributed by atoms with van der Waals surface area (Å²) in [7, 11) is 3.33. The first kappa shape index (κ1) is 27.2. The van der Waals surface area contributed by atoms with Gasteiger partial charge in [-0.25, -0.2) is 9.59 Å². The predicted molar refractivity (Wildman–Crippen MR) is 158 cm³/mol. The monoisotopic (exact) mass is 623 g/mol. The number of aryl methyl sites for hydroxylation is 1. The van der Waals surface area contributed by atoms with Crippen molar-refractivity contribution >= 4 is 67.1 Å². The third-order valence-electron chi connectivity index (χ3n) is 7.88. The van der Waals surface area contributed by atoms with Crippen LogP contribution in [0.1, 0.15) is 38.1 Å². The normalized spacial score (nSPS) is 17.3. The van der Waals surface area contributed by atoms with Gasteiger partial charge in [0.25, 0.3) is 5.91 Å². The number of alkyl halides is 1. The molecule has 1 saturated heterocycles. The number of aromatic nitrogens is 1. The molecule has 0 aliphatic carbocycles. The minimum atomic E-state index is -0.522. The van der Waals surface area contributed by atoms with Crippen LogP contribution in [0.15, 0.2) is 34.7 Å². The average Bonchev–Trinajstić information content (AvgIpc) is 3.65. The number of ether oxygens (including phenoxy) is 2. The van der Waals surface area contributed by atoms with Crippen molar-refractivity contribution in [1.29, 1.82) is 0 Å². The molecule has 2 aliphatic rings. The Hall–Kier alpha value is -4.03. The predicted octanol–water partition coefficient (Wildman–Crippen LogP) is 4.48. The van der Waals surface area contributed by atoms with E-state index in [9.17, 15) is 14.4 Å². The summed E-state index contributed by atoms with van der Waals surface area (Å²) < 4.78 is 17.0. The highest BCUT2D eigenvalue weighted by Gasteiger charge is 2.39. The smallest absolute Gasteiger partial charge is 0.415 e. The number of benzene rings is 2. The van der Waals surface area contributed by atoms with E-state index in [1.54, 1.807) is 47.1 Å². The highest BCUT2D eigenvalue weighted by Crippen LogP contribution is 2.48. The molecule has 0 spiro atoms. The summed E-state index contributed by atoms with van der Waals surface area (Å²) in [4.78, 5) is 48.8. The van der Waals surface area contributed by atoms with Crippen LogP contribution in [0.5, 0.6) is 5.75 Å². The van der Waals surface area contributed by atoms with Gasteiger partial charge in [0.2, 0.25) is 0 Å². The molecule has 4 heterocycles. The van der Waals surface area contributed by atoms with Gasteiger partial charge in [-0.1, -0.05) is 15.9 Å². The summed E-state index contributed by atoms with van der Waals surface area (Å²) in [5.74, 6) is -0.649. The van der Waals surface area contributed by atoms with Crippen LogP contribution in [0.25, 0.3) is 21.9 Å². The highest BCUT2D eigenvalue weighted by atomic mass is 79.9. The molecule has 0 unspecified atom stereocenters. The van der Waals surface area contributed by atoms with E-state index in [4.69, 9.17) is 19.6 Å². The lowest BCUT2D eigenvalue weighted by atomic mass is 9.95. The number of halogens is 1. The Morgan fingerprint density at radius 3 is 2.61 bits per heavy atom. The molecule has 1 atom stereocenters. The first-order valence-corrected chi connectivity index (χ1v) is 14.4. The van der Waals surface area contributed by atoms with Gasteiger partial charge in [-0.2, -0.15) is 0 Å². The fraction of sp³-hybridized carbons (Fsp3) is 0.345. The van der Waals surface area contributed by atoms with Crippen LogP contribution in [0.4, 0.5) is 16.2 Å². The van der Waals surface area contributed by atoms with Crippen molar-refractivity contribution in [3.8, 4) is 5.75 Å². The third-order valence-corrected chi connectivity index (χ3v) is 8.66. The molecular formula is C29H30BrN5O6. The number of aromatic amines is 1. The number of amides is 2. The van der Waals surface area contributed by atoms with Crippen LogP contribution in [-0.4, -0.2) is 85.0 Å². The summed E-state index contributed by atoms with van der Waals surface area (Å²) in [6, 6.07) is 8.56. The summed E-state index contributed by atoms with van der Waals surface area (Å²) in [5.41, 5.74) is 9.78. The van der Waals surface area contributed by atoms with E-state index in [1.165, 1.54) is 7.11 Å². The number of furan rings is 1. The molecule has 2 aromatic heterocycles. The average molecular weight is 624 g/mol. The molecule has 12 heteroatoms. The number of nitrogens with zero attached hydrogens (tertiary/aromatic N) is 3. The molecule has 1 fully saturated rings. The second-order valence-electron chi connectivity index (χ2n) is 10.5. The number of nitrogens with two attached hydrogens (primary N) is 1. The van der Waals surface area contributed by atoms with E-state index in [-0.39, 0.29) is 23.3 Å². The van der Waals surface area contributed by atoms with Gasteiger partial charge in [-0.3, -0.25) is 4.79 Å². The lowest BCUT2D eigenvalue weighted by Gasteiger charge is -2.31. The fourth-order valence-corrected chi connectivity index (χ4v) is 6.26. The molecule has 0 radical (unpaired) electrons. The molecule has 214 valence electrons. The van der Waals surface area contributed by atoms with Gasteiger partial charge in [0.1, 0.15) is 5.58 Å². The summed E-state index contributed by atoms with van der Waals surface area (Å²) >= 11 is 3.60. The van der Waals surface area contributed by atoms with Crippen molar-refractivity contribution in [2.45, 2.75) is 12.8 Å². The molecule has 2 aliphatic heterocycles. The second-order valence-corrected chi connectivity index (χ2v) is 11.2. The molecule has 3 N–H and O–H groups in total. The van der Waals surface area contributed by atoms with E-state index in [1.807, 2.05) is 7.05 Å². The van der Waals surface area contributed by atoms with Crippen LogP contribution >= 0.6 is 15.9 Å². The van der Waals surface area contributed by atoms with Crippen LogP contribution < -0.4 is 15.4 Å². The van der Waals surface area contributed by atoms with Crippen molar-refractivity contribution in [2.75, 3.05) is 62.8 Å². The quantitative estimate of drug-likeness (QED) is 0.193. The van der Waals surface area contributed by atoms with Crippen molar-refractivity contribution in [3.63, 3.8) is 0 Å². The zero-order chi connectivity index (χ0) is 29.0. The number of methoxy groups -OCH3 is 1. The number of fused-ring (bicyclic) bond motifs is 4. The Kier molecular flexibility index (Phi) is 6.90. The maximum Gasteiger partial charge on any atom is 0.415 e. The number of piperazine rings is 1. The van der Waals surface area contributed by atoms with Crippen LogP contribution in [0.3, 0.4) is 0 Å². The molecule has 41 heavy (non-hydrogen) atoms. The number of anilines is 2. The highest BCUT2D eigenvalue weighted by molar-refractivity contribution is 9.09. The number of H-pyrrole nitrogens is 1. The van der Waals surface area contributed by atoms with Gasteiger partial charge in [0.05, 0.1) is 23.9 Å². The number of rotatable bonds is 4. The molecule has 4 aromatic rings. The Bertz CT molecular complexity index is 1700. The first-order valence-electron chi connectivity index (χ1n) is 13.3. The Labute approximate surface area is 244 Å². The standard InChI is InChI=1S/C29H30BrN5O6/c1-15-23(28(37)39-3)25-24-17(13-30)14-35(27(36)22-11-16-10-18(31)4-5-20(16)40-22)19(24)12-21(26(25)32-15)41-29(38)34-8-6-33(2)7-9-34/h4-5,10-12,17,32H,6-9,13-14,31H2,1-3H3/t17-/m1/s1. The van der Waals surface area contributed by atoms with E-state index in [0.717, 1.165) is 24.0 Å². The maximum atomic E-state index is 13.9. The van der Waals surface area contributed by atoms with Crippen molar-refractivity contribution < 1.29 is 28.3 Å². The number of carbonyl (C=O) groups is 3. The van der Waals surface area contributed by atoms with Gasteiger partial charge < -0.3 is 39.3 Å². The second kappa shape index (κ2) is 10.4. The molecule has 0 saturated carbocycles. The minimum absolute atomic E-state index is 0.154. The molecule has 0 bridgehead atoms. The zero-order valence-corrected chi connectivity index (χ0v) is 24.5. The Morgan fingerprint density at radius 2 is 1.90 bits per heavy atom. The van der Waals surface area contributed by atoms with Gasteiger partial charge in [0.15, 0.2) is 11.5 Å². The Morgan fingerprint density at radius 1 is 1.15 bits per heavy atom. The zero-order valence-electron chi connectivity index (χ0n) is 23.0. The van der Waals surface area contributed by atoms with E-state index >= 15 is 0 Å². The van der Waals surface area contributed by atoms with Crippen molar-refractivity contribution in [1.82, 2.24) is 14.8 Å². The molecule has 6 rings (SSSR count). The van der Waals surface area contributed by atoms with Crippen LogP contribution in [-0.2, 0) is 4.74 Å². The first-order chi connectivity index (χ1) is 19.7. The van der Waals surface area contributed by atoms with E-state index in [0.29, 0.717) is 64.1 Å². The lowest BCUT2D eigenvalue weighted by molar-refractivity contribution is 0.0602. The number of nitrogens with one attached hydrogen (secondary N) is 1. The summed E-state index contributed by atoms with van der Waals surface area (Å²) in [5, 5.41) is 1.82.